The highest BCUT2D eigenvalue weighted by atomic mass is 16.5. The predicted octanol–water partition coefficient (Wildman–Crippen LogP) is 4.22. The Morgan fingerprint density at radius 2 is 1.61 bits per heavy atom. The van der Waals surface area contributed by atoms with Gasteiger partial charge in [0.15, 0.2) is 6.61 Å². The maximum absolute atomic E-state index is 12.4. The molecule has 1 fully saturated rings. The van der Waals surface area contributed by atoms with E-state index in [1.54, 1.807) is 0 Å². The molecule has 0 atom stereocenters. The molecule has 1 aromatic heterocycles. The molecule has 5 rings (SSSR count). The molecule has 0 saturated carbocycles. The van der Waals surface area contributed by atoms with E-state index >= 15 is 0 Å². The SMILES string of the molecule is Cc1ccccc1OCC(=O)Nc1ccc2c(c1)nc(CN1CCN(Cc3ccccc3)CC1)n2C. The number of carbonyl (C=O) groups excluding carboxylic acids is 1. The highest BCUT2D eigenvalue weighted by molar-refractivity contribution is 5.94. The normalized spacial score (nSPS) is 14.7. The first-order chi connectivity index (χ1) is 17.5. The highest BCUT2D eigenvalue weighted by Gasteiger charge is 2.19. The molecule has 1 aliphatic rings. The number of amides is 1. The van der Waals surface area contributed by atoms with Gasteiger partial charge in [-0.2, -0.15) is 0 Å². The lowest BCUT2D eigenvalue weighted by Gasteiger charge is -2.34. The zero-order chi connectivity index (χ0) is 24.9. The number of aromatic nitrogens is 2. The number of hydrogen-bond donors (Lipinski definition) is 1. The maximum Gasteiger partial charge on any atom is 0.262 e. The van der Waals surface area contributed by atoms with Crippen LogP contribution in [0.3, 0.4) is 0 Å². The highest BCUT2D eigenvalue weighted by Crippen LogP contribution is 2.22. The van der Waals surface area contributed by atoms with Crippen LogP contribution in [0.1, 0.15) is 17.0 Å². The van der Waals surface area contributed by atoms with Crippen molar-refractivity contribution < 1.29 is 9.53 Å². The van der Waals surface area contributed by atoms with Gasteiger partial charge in [0.1, 0.15) is 11.6 Å². The Morgan fingerprint density at radius 3 is 2.36 bits per heavy atom. The lowest BCUT2D eigenvalue weighted by molar-refractivity contribution is -0.118. The number of anilines is 1. The molecule has 1 N–H and O–H groups in total. The molecule has 1 saturated heterocycles. The fourth-order valence-electron chi connectivity index (χ4n) is 4.67. The molecule has 1 aliphatic heterocycles. The Balaban J connectivity index is 1.16. The number of benzene rings is 3. The standard InChI is InChI=1S/C29H33N5O2/c1-22-8-6-7-11-27(22)36-21-29(35)30-24-12-13-26-25(18-24)31-28(32(26)2)20-34-16-14-33(15-17-34)19-23-9-4-3-5-10-23/h3-13,18H,14-17,19-21H2,1-2H3,(H,30,35). The van der Waals surface area contributed by atoms with Crippen LogP contribution >= 0.6 is 0 Å². The Kier molecular flexibility index (Phi) is 7.30. The molecule has 36 heavy (non-hydrogen) atoms. The Bertz CT molecular complexity index is 1330. The molecule has 0 bridgehead atoms. The first-order valence-electron chi connectivity index (χ1n) is 12.5. The third kappa shape index (κ3) is 5.75. The van der Waals surface area contributed by atoms with Gasteiger partial charge >= 0.3 is 0 Å². The quantitative estimate of drug-likeness (QED) is 0.407. The van der Waals surface area contributed by atoms with Crippen molar-refractivity contribution in [2.24, 2.45) is 7.05 Å². The Hall–Kier alpha value is -3.68. The van der Waals surface area contributed by atoms with Gasteiger partial charge < -0.3 is 14.6 Å². The molecule has 7 nitrogen and oxygen atoms in total. The topological polar surface area (TPSA) is 62.6 Å². The van der Waals surface area contributed by atoms with Crippen molar-refractivity contribution in [1.29, 1.82) is 0 Å². The van der Waals surface area contributed by atoms with E-state index in [0.717, 1.165) is 73.1 Å². The monoisotopic (exact) mass is 483 g/mol. The summed E-state index contributed by atoms with van der Waals surface area (Å²) in [6, 6.07) is 24.2. The van der Waals surface area contributed by atoms with E-state index in [-0.39, 0.29) is 12.5 Å². The van der Waals surface area contributed by atoms with E-state index in [9.17, 15) is 4.79 Å². The summed E-state index contributed by atoms with van der Waals surface area (Å²) in [4.78, 5) is 22.3. The average molecular weight is 484 g/mol. The van der Waals surface area contributed by atoms with E-state index < -0.39 is 0 Å². The Labute approximate surface area is 212 Å². The van der Waals surface area contributed by atoms with Gasteiger partial charge in [-0.15, -0.1) is 0 Å². The van der Waals surface area contributed by atoms with Gasteiger partial charge in [0, 0.05) is 45.5 Å². The third-order valence-electron chi connectivity index (χ3n) is 6.79. The number of nitrogens with zero attached hydrogens (tertiary/aromatic N) is 4. The number of nitrogens with one attached hydrogen (secondary N) is 1. The van der Waals surface area contributed by atoms with Gasteiger partial charge in [0.2, 0.25) is 0 Å². The van der Waals surface area contributed by atoms with Crippen LogP contribution in [-0.4, -0.2) is 58.0 Å². The molecule has 0 radical (unpaired) electrons. The van der Waals surface area contributed by atoms with Crippen LogP contribution in [0.15, 0.2) is 72.8 Å². The summed E-state index contributed by atoms with van der Waals surface area (Å²) in [6.45, 7) is 7.91. The van der Waals surface area contributed by atoms with E-state index in [2.05, 4.69) is 57.1 Å². The molecule has 0 spiro atoms. The van der Waals surface area contributed by atoms with Crippen molar-refractivity contribution in [2.45, 2.75) is 20.0 Å². The lowest BCUT2D eigenvalue weighted by Crippen LogP contribution is -2.45. The van der Waals surface area contributed by atoms with Crippen molar-refractivity contribution in [2.75, 3.05) is 38.1 Å². The van der Waals surface area contributed by atoms with Gasteiger partial charge in [-0.25, -0.2) is 4.98 Å². The molecule has 4 aromatic rings. The summed E-state index contributed by atoms with van der Waals surface area (Å²) >= 11 is 0. The zero-order valence-corrected chi connectivity index (χ0v) is 21.0. The summed E-state index contributed by atoms with van der Waals surface area (Å²) in [7, 11) is 2.06. The summed E-state index contributed by atoms with van der Waals surface area (Å²) < 4.78 is 7.82. The summed E-state index contributed by atoms with van der Waals surface area (Å²) in [5.74, 6) is 1.56. The molecule has 7 heteroatoms. The number of piperazine rings is 1. The third-order valence-corrected chi connectivity index (χ3v) is 6.79. The van der Waals surface area contributed by atoms with Gasteiger partial charge in [0.05, 0.1) is 17.6 Å². The molecule has 186 valence electrons. The predicted molar refractivity (Wildman–Crippen MR) is 143 cm³/mol. The van der Waals surface area contributed by atoms with Crippen molar-refractivity contribution in [1.82, 2.24) is 19.4 Å². The Morgan fingerprint density at radius 1 is 0.917 bits per heavy atom. The smallest absolute Gasteiger partial charge is 0.262 e. The largest absolute Gasteiger partial charge is 0.483 e. The number of ether oxygens (including phenoxy) is 1. The molecule has 3 aromatic carbocycles. The van der Waals surface area contributed by atoms with Gasteiger partial charge in [-0.3, -0.25) is 14.6 Å². The number of carbonyl (C=O) groups is 1. The minimum absolute atomic E-state index is 0.0351. The van der Waals surface area contributed by atoms with Crippen LogP contribution in [0.25, 0.3) is 11.0 Å². The van der Waals surface area contributed by atoms with Crippen LogP contribution in [-0.2, 0) is 24.9 Å². The van der Waals surface area contributed by atoms with Crippen molar-refractivity contribution in [3.05, 3.63) is 89.7 Å². The molecule has 0 aliphatic carbocycles. The molecular weight excluding hydrogens is 450 g/mol. The first kappa shape index (κ1) is 24.0. The first-order valence-corrected chi connectivity index (χ1v) is 12.5. The second-order valence-electron chi connectivity index (χ2n) is 9.43. The van der Waals surface area contributed by atoms with Crippen LogP contribution < -0.4 is 10.1 Å². The second kappa shape index (κ2) is 10.9. The van der Waals surface area contributed by atoms with Crippen molar-refractivity contribution in [3.63, 3.8) is 0 Å². The van der Waals surface area contributed by atoms with Crippen molar-refractivity contribution in [3.8, 4) is 5.75 Å². The fraction of sp³-hybridized carbons (Fsp3) is 0.310. The summed E-state index contributed by atoms with van der Waals surface area (Å²) in [6.07, 6.45) is 0. The van der Waals surface area contributed by atoms with Gasteiger partial charge in [-0.1, -0.05) is 48.5 Å². The lowest BCUT2D eigenvalue weighted by atomic mass is 10.2. The van der Waals surface area contributed by atoms with E-state index in [1.807, 2.05) is 49.4 Å². The second-order valence-corrected chi connectivity index (χ2v) is 9.43. The fourth-order valence-corrected chi connectivity index (χ4v) is 4.67. The van der Waals surface area contributed by atoms with Gasteiger partial charge in [-0.05, 0) is 42.3 Å². The molecular formula is C29H33N5O2. The van der Waals surface area contributed by atoms with E-state index in [4.69, 9.17) is 9.72 Å². The molecule has 2 heterocycles. The number of aryl methyl sites for hydroxylation is 2. The van der Waals surface area contributed by atoms with Crippen LogP contribution in [0.2, 0.25) is 0 Å². The minimum atomic E-state index is -0.192. The molecule has 1 amide bonds. The van der Waals surface area contributed by atoms with Crippen LogP contribution in [0, 0.1) is 6.92 Å². The average Bonchev–Trinajstić information content (AvgIpc) is 3.19. The minimum Gasteiger partial charge on any atom is -0.483 e. The summed E-state index contributed by atoms with van der Waals surface area (Å²) in [5.41, 5.74) is 5.03. The molecule has 0 unspecified atom stereocenters. The number of fused-ring (bicyclic) bond motifs is 1. The van der Waals surface area contributed by atoms with Crippen LogP contribution in [0.5, 0.6) is 5.75 Å². The van der Waals surface area contributed by atoms with E-state index in [0.29, 0.717) is 0 Å². The van der Waals surface area contributed by atoms with Crippen LogP contribution in [0.4, 0.5) is 5.69 Å². The number of rotatable bonds is 8. The maximum atomic E-state index is 12.4. The van der Waals surface area contributed by atoms with E-state index in [1.165, 1.54) is 5.56 Å². The number of hydrogen-bond acceptors (Lipinski definition) is 5. The summed E-state index contributed by atoms with van der Waals surface area (Å²) in [5, 5.41) is 2.93. The zero-order valence-electron chi connectivity index (χ0n) is 21.0. The number of imidazole rings is 1. The van der Waals surface area contributed by atoms with Gasteiger partial charge in [0.25, 0.3) is 5.91 Å². The number of para-hydroxylation sites is 1. The van der Waals surface area contributed by atoms with Crippen molar-refractivity contribution >= 4 is 22.6 Å².